The van der Waals surface area contributed by atoms with Gasteiger partial charge >= 0.3 is 5.97 Å². The van der Waals surface area contributed by atoms with E-state index in [0.29, 0.717) is 27.5 Å². The summed E-state index contributed by atoms with van der Waals surface area (Å²) in [6.07, 6.45) is 1.65. The molecule has 2 aromatic carbocycles. The number of carbonyl (C=O) groups is 2. The molecule has 1 amide bonds. The average Bonchev–Trinajstić information content (AvgIpc) is 2.92. The van der Waals surface area contributed by atoms with Gasteiger partial charge < -0.3 is 14.8 Å². The van der Waals surface area contributed by atoms with Crippen molar-refractivity contribution in [1.29, 1.82) is 5.41 Å². The quantitative estimate of drug-likeness (QED) is 0.500. The van der Waals surface area contributed by atoms with E-state index in [-0.39, 0.29) is 11.1 Å². The first kappa shape index (κ1) is 16.8. The molecule has 0 saturated carbocycles. The average molecular weight is 354 g/mol. The number of amides is 1. The van der Waals surface area contributed by atoms with Crippen LogP contribution in [-0.4, -0.2) is 24.2 Å². The largest absolute Gasteiger partial charge is 0.497 e. The molecule has 0 aliphatic carbocycles. The summed E-state index contributed by atoms with van der Waals surface area (Å²) in [4.78, 5) is 24.3. The zero-order chi connectivity index (χ0) is 17.8. The number of hydrogen-bond acceptors (Lipinski definition) is 6. The number of methoxy groups -OCH3 is 1. The lowest BCUT2D eigenvalue weighted by Gasteiger charge is -2.06. The smallest absolute Gasteiger partial charge is 0.343 e. The number of nitrogens with one attached hydrogen (secondary N) is 2. The molecule has 0 aromatic heterocycles. The van der Waals surface area contributed by atoms with Gasteiger partial charge in [-0.05, 0) is 59.8 Å². The number of hydrogen-bond donors (Lipinski definition) is 2. The SMILES string of the molecule is COc1ccc(C(=O)Oc2cccc(/C=C3\SC(=N)NC3=O)c2)cc1. The first-order valence-electron chi connectivity index (χ1n) is 7.31. The fraction of sp³-hybridized carbons (Fsp3) is 0.0556. The molecule has 2 N–H and O–H groups in total. The van der Waals surface area contributed by atoms with Crippen LogP contribution in [0.3, 0.4) is 0 Å². The minimum absolute atomic E-state index is 0.0957. The summed E-state index contributed by atoms with van der Waals surface area (Å²) in [6, 6.07) is 13.4. The van der Waals surface area contributed by atoms with Gasteiger partial charge in [-0.3, -0.25) is 10.2 Å². The van der Waals surface area contributed by atoms with E-state index in [2.05, 4.69) is 5.32 Å². The lowest BCUT2D eigenvalue weighted by Crippen LogP contribution is -2.18. The highest BCUT2D eigenvalue weighted by atomic mass is 32.2. The zero-order valence-corrected chi connectivity index (χ0v) is 14.1. The first-order valence-corrected chi connectivity index (χ1v) is 8.12. The lowest BCUT2D eigenvalue weighted by molar-refractivity contribution is -0.115. The van der Waals surface area contributed by atoms with Gasteiger partial charge in [-0.2, -0.15) is 0 Å². The number of esters is 1. The molecule has 0 unspecified atom stereocenters. The van der Waals surface area contributed by atoms with Crippen LogP contribution in [0.2, 0.25) is 0 Å². The molecule has 0 atom stereocenters. The summed E-state index contributed by atoms with van der Waals surface area (Å²) in [6.45, 7) is 0. The van der Waals surface area contributed by atoms with Crippen LogP contribution in [-0.2, 0) is 4.79 Å². The van der Waals surface area contributed by atoms with Crippen molar-refractivity contribution in [2.45, 2.75) is 0 Å². The van der Waals surface area contributed by atoms with Crippen LogP contribution < -0.4 is 14.8 Å². The Balaban J connectivity index is 1.75. The van der Waals surface area contributed by atoms with Gasteiger partial charge in [0.25, 0.3) is 5.91 Å². The molecular weight excluding hydrogens is 340 g/mol. The molecule has 1 aliphatic heterocycles. The highest BCUT2D eigenvalue weighted by Crippen LogP contribution is 2.26. The minimum atomic E-state index is -0.484. The second-order valence-electron chi connectivity index (χ2n) is 5.08. The highest BCUT2D eigenvalue weighted by Gasteiger charge is 2.22. The summed E-state index contributed by atoms with van der Waals surface area (Å²) in [5.74, 6) is 0.231. The molecule has 126 valence electrons. The number of ether oxygens (including phenoxy) is 2. The maximum absolute atomic E-state index is 12.2. The predicted molar refractivity (Wildman–Crippen MR) is 95.8 cm³/mol. The van der Waals surface area contributed by atoms with Gasteiger partial charge in [0, 0.05) is 0 Å². The summed E-state index contributed by atoms with van der Waals surface area (Å²) < 4.78 is 10.4. The van der Waals surface area contributed by atoms with Crippen molar-refractivity contribution < 1.29 is 19.1 Å². The second-order valence-corrected chi connectivity index (χ2v) is 6.14. The Labute approximate surface area is 148 Å². The van der Waals surface area contributed by atoms with Crippen LogP contribution in [0.15, 0.2) is 53.4 Å². The van der Waals surface area contributed by atoms with Gasteiger partial charge in [-0.25, -0.2) is 4.79 Å². The van der Waals surface area contributed by atoms with Crippen molar-refractivity contribution >= 4 is 34.9 Å². The van der Waals surface area contributed by atoms with Gasteiger partial charge in [-0.1, -0.05) is 12.1 Å². The Bertz CT molecular complexity index is 875. The molecule has 6 nitrogen and oxygen atoms in total. The fourth-order valence-corrected chi connectivity index (χ4v) is 2.86. The Kier molecular flexibility index (Phi) is 4.85. The molecule has 7 heteroatoms. The van der Waals surface area contributed by atoms with Crippen molar-refractivity contribution in [2.24, 2.45) is 0 Å². The number of thioether (sulfide) groups is 1. The maximum Gasteiger partial charge on any atom is 0.343 e. The molecule has 3 rings (SSSR count). The molecule has 0 radical (unpaired) electrons. The van der Waals surface area contributed by atoms with Crippen molar-refractivity contribution in [3.05, 3.63) is 64.6 Å². The number of carbonyl (C=O) groups excluding carboxylic acids is 2. The van der Waals surface area contributed by atoms with Gasteiger partial charge in [0.05, 0.1) is 17.6 Å². The van der Waals surface area contributed by atoms with E-state index in [1.54, 1.807) is 61.7 Å². The molecule has 25 heavy (non-hydrogen) atoms. The third kappa shape index (κ3) is 4.07. The van der Waals surface area contributed by atoms with Gasteiger partial charge in [-0.15, -0.1) is 0 Å². The normalized spacial score (nSPS) is 15.2. The van der Waals surface area contributed by atoms with Crippen LogP contribution in [0, 0.1) is 5.41 Å². The molecule has 2 aromatic rings. The standard InChI is InChI=1S/C18H14N2O4S/c1-23-13-7-5-12(6-8-13)17(22)24-14-4-2-3-11(9-14)10-15-16(21)20-18(19)25-15/h2-10H,1H3,(H2,19,20,21)/b15-10-. The van der Waals surface area contributed by atoms with E-state index in [9.17, 15) is 9.59 Å². The Morgan fingerprint density at radius 2 is 1.92 bits per heavy atom. The van der Waals surface area contributed by atoms with Crippen LogP contribution in [0.4, 0.5) is 0 Å². The van der Waals surface area contributed by atoms with E-state index < -0.39 is 5.97 Å². The van der Waals surface area contributed by atoms with Gasteiger partial charge in [0.2, 0.25) is 0 Å². The first-order chi connectivity index (χ1) is 12.0. The summed E-state index contributed by atoms with van der Waals surface area (Å²) in [7, 11) is 1.55. The molecule has 0 bridgehead atoms. The van der Waals surface area contributed by atoms with Gasteiger partial charge in [0.1, 0.15) is 11.5 Å². The zero-order valence-electron chi connectivity index (χ0n) is 13.2. The number of benzene rings is 2. The van der Waals surface area contributed by atoms with Gasteiger partial charge in [0.15, 0.2) is 5.17 Å². The van der Waals surface area contributed by atoms with E-state index in [0.717, 1.165) is 11.8 Å². The van der Waals surface area contributed by atoms with Crippen LogP contribution in [0.1, 0.15) is 15.9 Å². The highest BCUT2D eigenvalue weighted by molar-refractivity contribution is 8.18. The molecule has 1 saturated heterocycles. The number of rotatable bonds is 4. The summed E-state index contributed by atoms with van der Waals surface area (Å²) in [5, 5.41) is 9.95. The van der Waals surface area contributed by atoms with Crippen molar-refractivity contribution in [2.75, 3.05) is 7.11 Å². The van der Waals surface area contributed by atoms with E-state index >= 15 is 0 Å². The van der Waals surface area contributed by atoms with Crippen molar-refractivity contribution in [3.63, 3.8) is 0 Å². The molecule has 0 spiro atoms. The van der Waals surface area contributed by atoms with E-state index in [1.807, 2.05) is 0 Å². The van der Waals surface area contributed by atoms with E-state index in [1.165, 1.54) is 0 Å². The molecule has 1 aliphatic rings. The Morgan fingerprint density at radius 1 is 1.16 bits per heavy atom. The molecule has 1 heterocycles. The Hall–Kier alpha value is -3.06. The predicted octanol–water partition coefficient (Wildman–Crippen LogP) is 3.05. The van der Waals surface area contributed by atoms with E-state index in [4.69, 9.17) is 14.9 Å². The van der Waals surface area contributed by atoms with Crippen molar-refractivity contribution in [1.82, 2.24) is 5.32 Å². The maximum atomic E-state index is 12.2. The lowest BCUT2D eigenvalue weighted by atomic mass is 10.2. The summed E-state index contributed by atoms with van der Waals surface area (Å²) >= 11 is 1.05. The second kappa shape index (κ2) is 7.23. The minimum Gasteiger partial charge on any atom is -0.497 e. The van der Waals surface area contributed by atoms with Crippen LogP contribution in [0.25, 0.3) is 6.08 Å². The molecule has 1 fully saturated rings. The Morgan fingerprint density at radius 3 is 2.56 bits per heavy atom. The van der Waals surface area contributed by atoms with Crippen LogP contribution >= 0.6 is 11.8 Å². The summed E-state index contributed by atoms with van der Waals surface area (Å²) in [5.41, 5.74) is 1.11. The van der Waals surface area contributed by atoms with Crippen LogP contribution in [0.5, 0.6) is 11.5 Å². The fourth-order valence-electron chi connectivity index (χ4n) is 2.15. The number of amidine groups is 1. The van der Waals surface area contributed by atoms with Crippen molar-refractivity contribution in [3.8, 4) is 11.5 Å². The third-order valence-corrected chi connectivity index (χ3v) is 4.18. The monoisotopic (exact) mass is 354 g/mol. The topological polar surface area (TPSA) is 88.5 Å². The third-order valence-electron chi connectivity index (χ3n) is 3.35. The molecular formula is C18H14N2O4S.